The smallest absolute Gasteiger partial charge is 0.248 e. The number of hydrogen-bond donors (Lipinski definition) is 1. The predicted octanol–water partition coefficient (Wildman–Crippen LogP) is 4.28. The summed E-state index contributed by atoms with van der Waals surface area (Å²) >= 11 is 0. The molecule has 0 aliphatic heterocycles. The van der Waals surface area contributed by atoms with Crippen LogP contribution in [-0.4, -0.2) is 26.7 Å². The molecular formula is C21H25NO4. The largest absolute Gasteiger partial charge is 0.493 e. The summed E-state index contributed by atoms with van der Waals surface area (Å²) in [6, 6.07) is 13.1. The van der Waals surface area contributed by atoms with Crippen molar-refractivity contribution in [2.75, 3.05) is 26.1 Å². The van der Waals surface area contributed by atoms with E-state index in [-0.39, 0.29) is 5.91 Å². The molecule has 2 aromatic carbocycles. The Kier molecular flexibility index (Phi) is 7.71. The van der Waals surface area contributed by atoms with E-state index >= 15 is 0 Å². The summed E-state index contributed by atoms with van der Waals surface area (Å²) in [5, 5.41) is 2.84. The molecular weight excluding hydrogens is 330 g/mol. The lowest BCUT2D eigenvalue weighted by Gasteiger charge is -2.10. The topological polar surface area (TPSA) is 56.8 Å². The quantitative estimate of drug-likeness (QED) is 0.682. The van der Waals surface area contributed by atoms with Crippen LogP contribution in [0.4, 0.5) is 5.69 Å². The van der Waals surface area contributed by atoms with Gasteiger partial charge < -0.3 is 19.5 Å². The average molecular weight is 355 g/mol. The van der Waals surface area contributed by atoms with Gasteiger partial charge in [0.15, 0.2) is 11.5 Å². The highest BCUT2D eigenvalue weighted by Crippen LogP contribution is 2.28. The molecule has 0 heterocycles. The van der Waals surface area contributed by atoms with Crippen LogP contribution in [0.1, 0.15) is 24.5 Å². The molecule has 1 N–H and O–H groups in total. The number of carbonyl (C=O) groups is 1. The van der Waals surface area contributed by atoms with E-state index < -0.39 is 0 Å². The van der Waals surface area contributed by atoms with Crippen molar-refractivity contribution in [3.05, 3.63) is 59.7 Å². The van der Waals surface area contributed by atoms with Gasteiger partial charge in [-0.2, -0.15) is 0 Å². The average Bonchev–Trinajstić information content (AvgIpc) is 2.65. The number of rotatable bonds is 9. The molecule has 0 saturated carbocycles. The van der Waals surface area contributed by atoms with Gasteiger partial charge in [0.1, 0.15) is 0 Å². The molecule has 5 nitrogen and oxygen atoms in total. The first-order valence-corrected chi connectivity index (χ1v) is 8.54. The van der Waals surface area contributed by atoms with Crippen molar-refractivity contribution in [1.29, 1.82) is 0 Å². The normalized spacial score (nSPS) is 10.7. The van der Waals surface area contributed by atoms with Crippen LogP contribution in [0.3, 0.4) is 0 Å². The second kappa shape index (κ2) is 10.3. The Bertz CT molecular complexity index is 755. The molecule has 0 aliphatic rings. The fourth-order valence-corrected chi connectivity index (χ4v) is 2.38. The Morgan fingerprint density at radius 2 is 1.96 bits per heavy atom. The van der Waals surface area contributed by atoms with Gasteiger partial charge >= 0.3 is 0 Å². The second-order valence-electron chi connectivity index (χ2n) is 5.71. The van der Waals surface area contributed by atoms with Crippen LogP contribution < -0.4 is 14.8 Å². The Hall–Kier alpha value is -2.79. The summed E-state index contributed by atoms with van der Waals surface area (Å²) in [6.45, 7) is 3.19. The molecule has 0 aromatic heterocycles. The van der Waals surface area contributed by atoms with Crippen LogP contribution in [0.25, 0.3) is 6.08 Å². The van der Waals surface area contributed by atoms with Crippen molar-refractivity contribution >= 4 is 17.7 Å². The van der Waals surface area contributed by atoms with Gasteiger partial charge in [0.05, 0.1) is 20.3 Å². The minimum Gasteiger partial charge on any atom is -0.493 e. The van der Waals surface area contributed by atoms with E-state index in [1.807, 2.05) is 49.4 Å². The monoisotopic (exact) mass is 355 g/mol. The molecule has 0 fully saturated rings. The molecule has 2 rings (SSSR count). The number of methoxy groups -OCH3 is 2. The molecule has 0 bridgehead atoms. The molecule has 0 spiro atoms. The van der Waals surface area contributed by atoms with Gasteiger partial charge in [0.25, 0.3) is 0 Å². The van der Waals surface area contributed by atoms with Gasteiger partial charge in [0.2, 0.25) is 5.91 Å². The molecule has 138 valence electrons. The van der Waals surface area contributed by atoms with Gasteiger partial charge in [0, 0.05) is 18.9 Å². The van der Waals surface area contributed by atoms with E-state index in [1.165, 1.54) is 6.08 Å². The Balaban J connectivity index is 2.02. The van der Waals surface area contributed by atoms with E-state index in [0.717, 1.165) is 23.2 Å². The zero-order valence-corrected chi connectivity index (χ0v) is 15.5. The highest BCUT2D eigenvalue weighted by molar-refractivity contribution is 6.02. The molecule has 0 aliphatic carbocycles. The fourth-order valence-electron chi connectivity index (χ4n) is 2.38. The SMILES string of the molecule is CCCOc1ccc(/C=C/C(=O)Nc2cccc(COC)c2)cc1OC. The molecule has 1 amide bonds. The number of ether oxygens (including phenoxy) is 3. The van der Waals surface area contributed by atoms with Gasteiger partial charge in [-0.05, 0) is 47.9 Å². The predicted molar refractivity (Wildman–Crippen MR) is 104 cm³/mol. The van der Waals surface area contributed by atoms with Crippen molar-refractivity contribution < 1.29 is 19.0 Å². The third-order valence-electron chi connectivity index (χ3n) is 3.58. The molecule has 0 radical (unpaired) electrons. The van der Waals surface area contributed by atoms with Crippen molar-refractivity contribution in [3.8, 4) is 11.5 Å². The molecule has 26 heavy (non-hydrogen) atoms. The van der Waals surface area contributed by atoms with Crippen molar-refractivity contribution in [3.63, 3.8) is 0 Å². The highest BCUT2D eigenvalue weighted by atomic mass is 16.5. The second-order valence-corrected chi connectivity index (χ2v) is 5.71. The first kappa shape index (κ1) is 19.5. The summed E-state index contributed by atoms with van der Waals surface area (Å²) in [5.41, 5.74) is 2.59. The van der Waals surface area contributed by atoms with E-state index in [4.69, 9.17) is 14.2 Å². The van der Waals surface area contributed by atoms with E-state index in [2.05, 4.69) is 5.32 Å². The summed E-state index contributed by atoms with van der Waals surface area (Å²) in [5.74, 6) is 1.14. The van der Waals surface area contributed by atoms with Gasteiger partial charge in [-0.1, -0.05) is 25.1 Å². The minimum atomic E-state index is -0.204. The maximum Gasteiger partial charge on any atom is 0.248 e. The van der Waals surface area contributed by atoms with Crippen molar-refractivity contribution in [1.82, 2.24) is 0 Å². The zero-order valence-electron chi connectivity index (χ0n) is 15.5. The van der Waals surface area contributed by atoms with Gasteiger partial charge in [-0.15, -0.1) is 0 Å². The third kappa shape index (κ3) is 5.93. The number of hydrogen-bond acceptors (Lipinski definition) is 4. The summed E-state index contributed by atoms with van der Waals surface area (Å²) in [6.07, 6.45) is 4.15. The van der Waals surface area contributed by atoms with E-state index in [1.54, 1.807) is 20.3 Å². The van der Waals surface area contributed by atoms with Crippen molar-refractivity contribution in [2.24, 2.45) is 0 Å². The van der Waals surface area contributed by atoms with Crippen LogP contribution in [0.2, 0.25) is 0 Å². The van der Waals surface area contributed by atoms with Crippen LogP contribution >= 0.6 is 0 Å². The summed E-state index contributed by atoms with van der Waals surface area (Å²) in [7, 11) is 3.24. The number of benzene rings is 2. The maximum atomic E-state index is 12.1. The first-order valence-electron chi connectivity index (χ1n) is 8.54. The highest BCUT2D eigenvalue weighted by Gasteiger charge is 2.05. The lowest BCUT2D eigenvalue weighted by atomic mass is 10.2. The van der Waals surface area contributed by atoms with Crippen LogP contribution in [-0.2, 0) is 16.1 Å². The molecule has 5 heteroatoms. The zero-order chi connectivity index (χ0) is 18.8. The number of carbonyl (C=O) groups excluding carboxylic acids is 1. The molecule has 2 aromatic rings. The lowest BCUT2D eigenvalue weighted by molar-refractivity contribution is -0.111. The Morgan fingerprint density at radius 1 is 1.12 bits per heavy atom. The van der Waals surface area contributed by atoms with E-state index in [0.29, 0.717) is 24.7 Å². The van der Waals surface area contributed by atoms with Crippen LogP contribution in [0, 0.1) is 0 Å². The Morgan fingerprint density at radius 3 is 2.69 bits per heavy atom. The molecule has 0 atom stereocenters. The fraction of sp³-hybridized carbons (Fsp3) is 0.286. The Labute approximate surface area is 154 Å². The van der Waals surface area contributed by atoms with E-state index in [9.17, 15) is 4.79 Å². The first-order chi connectivity index (χ1) is 12.7. The standard InChI is InChI=1S/C21H25NO4/c1-4-12-26-19-10-8-16(14-20(19)25-3)9-11-21(23)22-18-7-5-6-17(13-18)15-24-2/h5-11,13-14H,4,12,15H2,1-3H3,(H,22,23)/b11-9+. The number of amides is 1. The number of anilines is 1. The molecule has 0 unspecified atom stereocenters. The van der Waals surface area contributed by atoms with Crippen LogP contribution in [0.15, 0.2) is 48.5 Å². The number of nitrogens with one attached hydrogen (secondary N) is 1. The van der Waals surface area contributed by atoms with Crippen molar-refractivity contribution in [2.45, 2.75) is 20.0 Å². The molecule has 0 saturated heterocycles. The minimum absolute atomic E-state index is 0.204. The summed E-state index contributed by atoms with van der Waals surface area (Å²) in [4.78, 5) is 12.1. The third-order valence-corrected chi connectivity index (χ3v) is 3.58. The maximum absolute atomic E-state index is 12.1. The summed E-state index contributed by atoms with van der Waals surface area (Å²) < 4.78 is 16.1. The van der Waals surface area contributed by atoms with Gasteiger partial charge in [-0.25, -0.2) is 0 Å². The van der Waals surface area contributed by atoms with Gasteiger partial charge in [-0.3, -0.25) is 4.79 Å². The van der Waals surface area contributed by atoms with Crippen LogP contribution in [0.5, 0.6) is 11.5 Å². The lowest BCUT2D eigenvalue weighted by Crippen LogP contribution is -2.08.